The lowest BCUT2D eigenvalue weighted by Gasteiger charge is -2.27. The molecule has 282 valence electrons. The van der Waals surface area contributed by atoms with E-state index in [1.807, 2.05) is 0 Å². The monoisotopic (exact) mass is 762 g/mol. The van der Waals surface area contributed by atoms with Crippen LogP contribution in [0.2, 0.25) is 0 Å². The summed E-state index contributed by atoms with van der Waals surface area (Å²) in [5.74, 6) is 0. The van der Waals surface area contributed by atoms with Crippen molar-refractivity contribution in [2.75, 3.05) is 0 Å². The third-order valence-corrected chi connectivity index (χ3v) is 14.7. The third-order valence-electron chi connectivity index (χ3n) is 14.7. The Kier molecular flexibility index (Phi) is 6.93. The molecule has 10 aromatic rings. The van der Waals surface area contributed by atoms with E-state index in [2.05, 4.69) is 208 Å². The zero-order chi connectivity index (χ0) is 39.7. The smallest absolute Gasteiger partial charge is 0.0296 e. The average Bonchev–Trinajstić information content (AvgIpc) is 3.90. The molecule has 0 saturated heterocycles. The van der Waals surface area contributed by atoms with Crippen molar-refractivity contribution < 1.29 is 0 Å². The second kappa shape index (κ2) is 12.3. The predicted octanol–water partition coefficient (Wildman–Crippen LogP) is 15.5. The van der Waals surface area contributed by atoms with E-state index < -0.39 is 0 Å². The maximum atomic E-state index is 2.58. The fourth-order valence-corrected chi connectivity index (χ4v) is 11.9. The molecule has 0 N–H and O–H groups in total. The Morgan fingerprint density at radius 1 is 0.317 bits per heavy atom. The molecule has 0 atom stereocenters. The molecule has 3 aliphatic carbocycles. The molecule has 0 nitrogen and oxygen atoms in total. The fourth-order valence-electron chi connectivity index (χ4n) is 11.9. The first-order valence-corrected chi connectivity index (χ1v) is 21.5. The highest BCUT2D eigenvalue weighted by atomic mass is 14.5. The molecule has 13 rings (SSSR count). The van der Waals surface area contributed by atoms with Crippen LogP contribution in [0.1, 0.15) is 47.2 Å². The van der Waals surface area contributed by atoms with Crippen molar-refractivity contribution in [2.45, 2.75) is 37.5 Å². The van der Waals surface area contributed by atoms with Gasteiger partial charge in [0.1, 0.15) is 0 Å². The maximum absolute atomic E-state index is 2.58. The van der Waals surface area contributed by atoms with E-state index in [-0.39, 0.29) is 10.8 Å². The van der Waals surface area contributed by atoms with Crippen LogP contribution in [0, 0.1) is 0 Å². The van der Waals surface area contributed by atoms with Crippen molar-refractivity contribution in [3.63, 3.8) is 0 Å². The van der Waals surface area contributed by atoms with Gasteiger partial charge in [0.25, 0.3) is 0 Å². The first-order valence-electron chi connectivity index (χ1n) is 21.5. The van der Waals surface area contributed by atoms with Crippen LogP contribution in [0.3, 0.4) is 0 Å². The van der Waals surface area contributed by atoms with Gasteiger partial charge in [-0.25, -0.2) is 0 Å². The molecular formula is C60H42. The Labute approximate surface area is 351 Å². The van der Waals surface area contributed by atoms with Crippen LogP contribution in [0.5, 0.6) is 0 Å². The molecule has 1 spiro atoms. The number of hydrogen-bond acceptors (Lipinski definition) is 0. The van der Waals surface area contributed by atoms with E-state index in [9.17, 15) is 0 Å². The second-order valence-electron chi connectivity index (χ2n) is 18.0. The van der Waals surface area contributed by atoms with Gasteiger partial charge in [-0.2, -0.15) is 0 Å². The van der Waals surface area contributed by atoms with Crippen LogP contribution in [0.4, 0.5) is 0 Å². The van der Waals surface area contributed by atoms with E-state index in [0.717, 1.165) is 12.8 Å². The second-order valence-corrected chi connectivity index (χ2v) is 18.0. The molecule has 60 heavy (non-hydrogen) atoms. The Morgan fingerprint density at radius 2 is 0.800 bits per heavy atom. The lowest BCUT2D eigenvalue weighted by molar-refractivity contribution is 0.564. The quantitative estimate of drug-likeness (QED) is 0.157. The van der Waals surface area contributed by atoms with Crippen LogP contribution in [-0.4, -0.2) is 0 Å². The minimum Gasteiger partial charge on any atom is -0.0620 e. The Morgan fingerprint density at radius 3 is 1.53 bits per heavy atom. The first-order chi connectivity index (χ1) is 29.5. The van der Waals surface area contributed by atoms with Crippen LogP contribution in [0.25, 0.3) is 88.0 Å². The molecule has 0 heteroatoms. The van der Waals surface area contributed by atoms with E-state index in [1.165, 1.54) is 121 Å². The summed E-state index contributed by atoms with van der Waals surface area (Å²) >= 11 is 0. The van der Waals surface area contributed by atoms with Gasteiger partial charge in [-0.1, -0.05) is 190 Å². The van der Waals surface area contributed by atoms with Crippen molar-refractivity contribution in [3.8, 4) is 55.6 Å². The molecule has 0 heterocycles. The van der Waals surface area contributed by atoms with Gasteiger partial charge in [0.2, 0.25) is 0 Å². The summed E-state index contributed by atoms with van der Waals surface area (Å²) in [7, 11) is 0. The largest absolute Gasteiger partial charge is 0.0620 e. The highest BCUT2D eigenvalue weighted by molar-refractivity contribution is 6.22. The molecule has 0 radical (unpaired) electrons. The summed E-state index contributed by atoms with van der Waals surface area (Å²) in [6.07, 6.45) is 2.06. The molecule has 0 bridgehead atoms. The van der Waals surface area contributed by atoms with Gasteiger partial charge in [0, 0.05) is 10.8 Å². The normalized spacial score (nSPS) is 15.0. The Balaban J connectivity index is 1.10. The van der Waals surface area contributed by atoms with Crippen molar-refractivity contribution in [1.82, 2.24) is 0 Å². The Bertz CT molecular complexity index is 3440. The molecule has 3 aliphatic rings. The van der Waals surface area contributed by atoms with Gasteiger partial charge in [-0.15, -0.1) is 0 Å². The van der Waals surface area contributed by atoms with Crippen LogP contribution in [-0.2, 0) is 23.7 Å². The summed E-state index contributed by atoms with van der Waals surface area (Å²) in [5.41, 5.74) is 21.7. The molecule has 0 aliphatic heterocycles. The zero-order valence-electron chi connectivity index (χ0n) is 33.9. The summed E-state index contributed by atoms with van der Waals surface area (Å²) in [4.78, 5) is 0. The van der Waals surface area contributed by atoms with E-state index >= 15 is 0 Å². The third kappa shape index (κ3) is 4.57. The predicted molar refractivity (Wildman–Crippen MR) is 253 cm³/mol. The fraction of sp³-hybridized carbons (Fsp3) is 0.100. The minimum atomic E-state index is -0.0978. The van der Waals surface area contributed by atoms with Gasteiger partial charge in [-0.3, -0.25) is 0 Å². The molecule has 0 unspecified atom stereocenters. The minimum absolute atomic E-state index is 0.0759. The maximum Gasteiger partial charge on any atom is 0.0296 e. The number of fused-ring (bicyclic) bond motifs is 12. The standard InChI is InChI=1S/C60H42/c1-59(2)53-24-11-9-19-45(53)47-29-27-39(33-55(47)59)58-50-22-8-7-21-49(50)57(51-31-26-38(32-52(51)58)44-23-13-17-37-14-5-6-18-43(37)44)40-28-30-48-46-20-10-12-25-54(46)60(56(48)34-40)35-41-15-3-4-16-42(41)36-60/h3-34H,35-36H2,1-2H3. The number of rotatable bonds is 3. The van der Waals surface area contributed by atoms with Crippen LogP contribution < -0.4 is 0 Å². The van der Waals surface area contributed by atoms with Crippen LogP contribution in [0.15, 0.2) is 194 Å². The lowest BCUT2D eigenvalue weighted by Crippen LogP contribution is -2.25. The van der Waals surface area contributed by atoms with Crippen molar-refractivity contribution in [3.05, 3.63) is 228 Å². The highest BCUT2D eigenvalue weighted by Crippen LogP contribution is 2.57. The topological polar surface area (TPSA) is 0 Å². The molecule has 10 aromatic carbocycles. The summed E-state index contributed by atoms with van der Waals surface area (Å²) in [5, 5.41) is 7.69. The molecule has 0 fully saturated rings. The van der Waals surface area contributed by atoms with Gasteiger partial charge < -0.3 is 0 Å². The summed E-state index contributed by atoms with van der Waals surface area (Å²) < 4.78 is 0. The van der Waals surface area contributed by atoms with Gasteiger partial charge in [-0.05, 0) is 152 Å². The van der Waals surface area contributed by atoms with Gasteiger partial charge in [0.15, 0.2) is 0 Å². The lowest BCUT2D eigenvalue weighted by atomic mass is 9.74. The molecule has 0 aromatic heterocycles. The molecule has 0 amide bonds. The molecular weight excluding hydrogens is 721 g/mol. The number of hydrogen-bond donors (Lipinski definition) is 0. The summed E-state index contributed by atoms with van der Waals surface area (Å²) in [6, 6.07) is 74.0. The van der Waals surface area contributed by atoms with E-state index in [0.29, 0.717) is 0 Å². The van der Waals surface area contributed by atoms with Crippen molar-refractivity contribution in [1.29, 1.82) is 0 Å². The molecule has 0 saturated carbocycles. The average molecular weight is 763 g/mol. The first kappa shape index (κ1) is 33.9. The SMILES string of the molecule is CC1(C)c2ccccc2-c2ccc(-c3c4ccccc4c(-c4ccc5c(c4)C4(Cc6ccccc6C4)c4ccccc4-5)c4ccc(-c5cccc6ccccc56)cc34)cc21. The zero-order valence-corrected chi connectivity index (χ0v) is 33.9. The number of benzene rings is 10. The van der Waals surface area contributed by atoms with E-state index in [1.54, 1.807) is 0 Å². The van der Waals surface area contributed by atoms with Gasteiger partial charge in [0.05, 0.1) is 0 Å². The highest BCUT2D eigenvalue weighted by Gasteiger charge is 2.47. The Hall–Kier alpha value is -7.02. The van der Waals surface area contributed by atoms with Gasteiger partial charge >= 0.3 is 0 Å². The van der Waals surface area contributed by atoms with Crippen LogP contribution >= 0.6 is 0 Å². The van der Waals surface area contributed by atoms with Crippen molar-refractivity contribution in [2.24, 2.45) is 0 Å². The van der Waals surface area contributed by atoms with Crippen molar-refractivity contribution >= 4 is 32.3 Å². The van der Waals surface area contributed by atoms with E-state index in [4.69, 9.17) is 0 Å². The summed E-state index contributed by atoms with van der Waals surface area (Å²) in [6.45, 7) is 4.78.